The van der Waals surface area contributed by atoms with Crippen molar-refractivity contribution in [3.05, 3.63) is 27.3 Å². The number of para-hydroxylation sites is 1. The monoisotopic (exact) mass is 360 g/mol. The van der Waals surface area contributed by atoms with E-state index in [4.69, 9.17) is 9.47 Å². The predicted octanol–water partition coefficient (Wildman–Crippen LogP) is 2.44. The third-order valence-electron chi connectivity index (χ3n) is 2.77. The van der Waals surface area contributed by atoms with Gasteiger partial charge in [0.15, 0.2) is 5.78 Å². The van der Waals surface area contributed by atoms with Gasteiger partial charge in [0.05, 0.1) is 22.3 Å². The Morgan fingerprint density at radius 1 is 1.56 bits per heavy atom. The second-order valence-electron chi connectivity index (χ2n) is 3.92. The summed E-state index contributed by atoms with van der Waals surface area (Å²) in [6.07, 6.45) is 0.364. The maximum Gasteiger partial charge on any atom is 0.316 e. The van der Waals surface area contributed by atoms with Gasteiger partial charge in [-0.3, -0.25) is 9.59 Å². The lowest BCUT2D eigenvalue weighted by atomic mass is 9.95. The van der Waals surface area contributed by atoms with Gasteiger partial charge >= 0.3 is 5.97 Å². The van der Waals surface area contributed by atoms with E-state index in [1.165, 1.54) is 0 Å². The van der Waals surface area contributed by atoms with Crippen molar-refractivity contribution in [2.24, 2.45) is 5.92 Å². The minimum Gasteiger partial charge on any atom is -0.492 e. The number of hydrogen-bond acceptors (Lipinski definition) is 4. The van der Waals surface area contributed by atoms with Gasteiger partial charge in [0, 0.05) is 6.42 Å². The molecule has 0 fully saturated rings. The molecule has 0 spiro atoms. The van der Waals surface area contributed by atoms with Gasteiger partial charge in [-0.2, -0.15) is 0 Å². The molecular weight excluding hydrogens is 347 g/mol. The average Bonchev–Trinajstić information content (AvgIpc) is 2.51. The molecule has 1 aliphatic heterocycles. The summed E-state index contributed by atoms with van der Waals surface area (Å²) in [6, 6.07) is 5.35. The van der Waals surface area contributed by atoms with Crippen LogP contribution in [0.5, 0.6) is 5.75 Å². The van der Waals surface area contributed by atoms with Gasteiger partial charge < -0.3 is 9.47 Å². The van der Waals surface area contributed by atoms with Crippen molar-refractivity contribution in [1.29, 1.82) is 0 Å². The Morgan fingerprint density at radius 3 is 3.06 bits per heavy atom. The van der Waals surface area contributed by atoms with Gasteiger partial charge in [-0.05, 0) is 41.6 Å². The zero-order chi connectivity index (χ0) is 13.1. The molecule has 4 nitrogen and oxygen atoms in total. The molecule has 0 amide bonds. The minimum absolute atomic E-state index is 0.209. The Bertz CT molecular complexity index is 484. The van der Waals surface area contributed by atoms with E-state index in [1.807, 2.05) is 6.07 Å². The van der Waals surface area contributed by atoms with Crippen LogP contribution in [0.2, 0.25) is 0 Å². The van der Waals surface area contributed by atoms with Gasteiger partial charge in [0.2, 0.25) is 0 Å². The van der Waals surface area contributed by atoms with Crippen molar-refractivity contribution in [3.8, 4) is 5.75 Å². The summed E-state index contributed by atoms with van der Waals surface area (Å²) < 4.78 is 11.4. The topological polar surface area (TPSA) is 52.6 Å². The number of carbonyl (C=O) groups is 2. The molecule has 1 aromatic carbocycles. The standard InChI is InChI=1S/C13H13IO4/c1-2-17-13(16)9-6-7-18-12-8(11(9)15)4-3-5-10(12)14/h3-5,9H,2,6-7H2,1H3. The third kappa shape index (κ3) is 2.50. The highest BCUT2D eigenvalue weighted by Crippen LogP contribution is 2.31. The largest absolute Gasteiger partial charge is 0.492 e. The van der Waals surface area contributed by atoms with E-state index in [1.54, 1.807) is 19.1 Å². The van der Waals surface area contributed by atoms with E-state index in [0.717, 1.165) is 3.57 Å². The minimum atomic E-state index is -0.746. The van der Waals surface area contributed by atoms with E-state index >= 15 is 0 Å². The zero-order valence-electron chi connectivity index (χ0n) is 9.94. The molecule has 0 radical (unpaired) electrons. The smallest absolute Gasteiger partial charge is 0.316 e. The molecule has 0 aliphatic carbocycles. The van der Waals surface area contributed by atoms with Crippen LogP contribution in [0.1, 0.15) is 23.7 Å². The second kappa shape index (κ2) is 5.69. The van der Waals surface area contributed by atoms with E-state index in [-0.39, 0.29) is 12.4 Å². The molecule has 0 saturated heterocycles. The normalized spacial score (nSPS) is 18.6. The Hall–Kier alpha value is -1.11. The maximum atomic E-state index is 12.3. The zero-order valence-corrected chi connectivity index (χ0v) is 12.1. The fraction of sp³-hybridized carbons (Fsp3) is 0.385. The highest BCUT2D eigenvalue weighted by atomic mass is 127. The van der Waals surface area contributed by atoms with Crippen molar-refractivity contribution >= 4 is 34.3 Å². The van der Waals surface area contributed by atoms with Crippen molar-refractivity contribution < 1.29 is 19.1 Å². The number of carbonyl (C=O) groups excluding carboxylic acids is 2. The molecule has 2 rings (SSSR count). The number of Topliss-reactive ketones (excluding diaryl/α,β-unsaturated/α-hetero) is 1. The Labute approximate surface area is 119 Å². The number of benzene rings is 1. The van der Waals surface area contributed by atoms with Gasteiger partial charge in [0.1, 0.15) is 11.7 Å². The molecule has 18 heavy (non-hydrogen) atoms. The SMILES string of the molecule is CCOC(=O)C1CCOc2c(I)cccc2C1=O. The van der Waals surface area contributed by atoms with Gasteiger partial charge in [-0.25, -0.2) is 0 Å². The summed E-state index contributed by atoms with van der Waals surface area (Å²) in [5.74, 6) is -0.837. The number of hydrogen-bond donors (Lipinski definition) is 0. The van der Waals surface area contributed by atoms with Crippen LogP contribution in [0.15, 0.2) is 18.2 Å². The first-order chi connectivity index (χ1) is 8.65. The Kier molecular flexibility index (Phi) is 4.21. The van der Waals surface area contributed by atoms with E-state index in [0.29, 0.717) is 24.3 Å². The quantitative estimate of drug-likeness (QED) is 0.462. The van der Waals surface area contributed by atoms with Crippen LogP contribution >= 0.6 is 22.6 Å². The van der Waals surface area contributed by atoms with Crippen LogP contribution in [0, 0.1) is 9.49 Å². The lowest BCUT2D eigenvalue weighted by molar-refractivity contribution is -0.146. The first-order valence-electron chi connectivity index (χ1n) is 5.77. The summed E-state index contributed by atoms with van der Waals surface area (Å²) in [5, 5.41) is 0. The van der Waals surface area contributed by atoms with Crippen molar-refractivity contribution in [2.45, 2.75) is 13.3 Å². The van der Waals surface area contributed by atoms with E-state index in [2.05, 4.69) is 22.6 Å². The molecule has 0 saturated carbocycles. The molecule has 0 aromatic heterocycles. The molecule has 0 bridgehead atoms. The maximum absolute atomic E-state index is 12.3. The van der Waals surface area contributed by atoms with Crippen LogP contribution < -0.4 is 4.74 Å². The molecule has 1 aliphatic rings. The molecular formula is C13H13IO4. The Balaban J connectivity index is 2.35. The number of fused-ring (bicyclic) bond motifs is 1. The summed E-state index contributed by atoms with van der Waals surface area (Å²) in [4.78, 5) is 24.1. The van der Waals surface area contributed by atoms with E-state index in [9.17, 15) is 9.59 Å². The summed E-state index contributed by atoms with van der Waals surface area (Å²) in [7, 11) is 0. The highest BCUT2D eigenvalue weighted by molar-refractivity contribution is 14.1. The van der Waals surface area contributed by atoms with E-state index < -0.39 is 11.9 Å². The van der Waals surface area contributed by atoms with Crippen LogP contribution in [0.3, 0.4) is 0 Å². The van der Waals surface area contributed by atoms with Crippen LogP contribution in [-0.4, -0.2) is 25.0 Å². The van der Waals surface area contributed by atoms with Gasteiger partial charge in [-0.1, -0.05) is 6.07 Å². The molecule has 96 valence electrons. The predicted molar refractivity (Wildman–Crippen MR) is 73.7 cm³/mol. The molecule has 0 N–H and O–H groups in total. The summed E-state index contributed by atoms with van der Waals surface area (Å²) >= 11 is 2.12. The summed E-state index contributed by atoms with van der Waals surface area (Å²) in [6.45, 7) is 2.36. The molecule has 5 heteroatoms. The molecule has 1 unspecified atom stereocenters. The van der Waals surface area contributed by atoms with Crippen LogP contribution in [0.4, 0.5) is 0 Å². The number of halogens is 1. The van der Waals surface area contributed by atoms with Crippen LogP contribution in [-0.2, 0) is 9.53 Å². The van der Waals surface area contributed by atoms with Crippen LogP contribution in [0.25, 0.3) is 0 Å². The number of ketones is 1. The molecule has 1 heterocycles. The molecule has 1 atom stereocenters. The lowest BCUT2D eigenvalue weighted by Gasteiger charge is -2.11. The summed E-state index contributed by atoms with van der Waals surface area (Å²) in [5.41, 5.74) is 0.470. The molecule has 1 aromatic rings. The number of esters is 1. The number of rotatable bonds is 2. The van der Waals surface area contributed by atoms with Gasteiger partial charge in [0.25, 0.3) is 0 Å². The third-order valence-corrected chi connectivity index (χ3v) is 3.62. The van der Waals surface area contributed by atoms with Crippen molar-refractivity contribution in [1.82, 2.24) is 0 Å². The number of ether oxygens (including phenoxy) is 2. The van der Waals surface area contributed by atoms with Gasteiger partial charge in [-0.15, -0.1) is 0 Å². The average molecular weight is 360 g/mol. The Morgan fingerprint density at radius 2 is 2.33 bits per heavy atom. The fourth-order valence-corrected chi connectivity index (χ4v) is 2.57. The highest BCUT2D eigenvalue weighted by Gasteiger charge is 2.33. The van der Waals surface area contributed by atoms with Crippen molar-refractivity contribution in [3.63, 3.8) is 0 Å². The first-order valence-corrected chi connectivity index (χ1v) is 6.85. The first kappa shape index (κ1) is 13.3. The fourth-order valence-electron chi connectivity index (χ4n) is 1.91. The van der Waals surface area contributed by atoms with Crippen molar-refractivity contribution in [2.75, 3.05) is 13.2 Å². The lowest BCUT2D eigenvalue weighted by Crippen LogP contribution is -2.26. The second-order valence-corrected chi connectivity index (χ2v) is 5.08.